The number of anilines is 1. The first-order chi connectivity index (χ1) is 11.9. The molecule has 0 atom stereocenters. The van der Waals surface area contributed by atoms with E-state index in [2.05, 4.69) is 25.2 Å². The molecule has 0 aliphatic rings. The summed E-state index contributed by atoms with van der Waals surface area (Å²) in [7, 11) is 0. The molecule has 3 rings (SSSR count). The number of rotatable bonds is 5. The van der Waals surface area contributed by atoms with Gasteiger partial charge in [0, 0.05) is 18.3 Å². The molecule has 3 aromatic heterocycles. The zero-order valence-corrected chi connectivity index (χ0v) is 13.3. The minimum atomic E-state index is -4.45. The van der Waals surface area contributed by atoms with E-state index in [-0.39, 0.29) is 11.4 Å². The van der Waals surface area contributed by atoms with Gasteiger partial charge in [-0.2, -0.15) is 18.3 Å². The fourth-order valence-corrected chi connectivity index (χ4v) is 2.58. The van der Waals surface area contributed by atoms with Gasteiger partial charge in [-0.1, -0.05) is 6.07 Å². The lowest BCUT2D eigenvalue weighted by Crippen LogP contribution is -2.19. The summed E-state index contributed by atoms with van der Waals surface area (Å²) >= 11 is 1.52. The van der Waals surface area contributed by atoms with Crippen LogP contribution in [0.1, 0.15) is 10.4 Å². The summed E-state index contributed by atoms with van der Waals surface area (Å²) in [4.78, 5) is 16.8. The van der Waals surface area contributed by atoms with E-state index >= 15 is 0 Å². The number of aromatic nitrogens is 3. The fraction of sp³-hybridized carbons (Fsp3) is 0.133. The molecule has 0 radical (unpaired) electrons. The van der Waals surface area contributed by atoms with Gasteiger partial charge < -0.3 is 10.1 Å². The van der Waals surface area contributed by atoms with Gasteiger partial charge in [0.05, 0.1) is 16.1 Å². The smallest absolute Gasteiger partial charge is 0.422 e. The van der Waals surface area contributed by atoms with Gasteiger partial charge in [-0.25, -0.2) is 4.98 Å². The summed E-state index contributed by atoms with van der Waals surface area (Å²) in [5.41, 5.74) is 0.930. The van der Waals surface area contributed by atoms with Crippen LogP contribution in [0.5, 0.6) is 5.88 Å². The van der Waals surface area contributed by atoms with Gasteiger partial charge in [-0.05, 0) is 17.5 Å². The third-order valence-electron chi connectivity index (χ3n) is 2.99. The number of thiophene rings is 1. The molecule has 2 N–H and O–H groups in total. The van der Waals surface area contributed by atoms with Crippen LogP contribution >= 0.6 is 11.3 Å². The lowest BCUT2D eigenvalue weighted by Gasteiger charge is -2.08. The van der Waals surface area contributed by atoms with E-state index in [0.717, 1.165) is 16.8 Å². The molecule has 3 heterocycles. The van der Waals surface area contributed by atoms with Crippen molar-refractivity contribution in [3.63, 3.8) is 0 Å². The van der Waals surface area contributed by atoms with E-state index in [1.54, 1.807) is 6.07 Å². The Bertz CT molecular complexity index is 845. The van der Waals surface area contributed by atoms with Gasteiger partial charge in [0.25, 0.3) is 5.91 Å². The first-order valence-electron chi connectivity index (χ1n) is 6.97. The number of alkyl halides is 3. The zero-order chi connectivity index (χ0) is 17.9. The van der Waals surface area contributed by atoms with Gasteiger partial charge in [0.2, 0.25) is 5.88 Å². The Morgan fingerprint density at radius 3 is 2.80 bits per heavy atom. The van der Waals surface area contributed by atoms with Crippen molar-refractivity contribution in [1.29, 1.82) is 0 Å². The molecule has 0 spiro atoms. The molecule has 130 valence electrons. The van der Waals surface area contributed by atoms with Crippen molar-refractivity contribution in [3.05, 3.63) is 47.5 Å². The standard InChI is InChI=1S/C15H11F3N4O2S/c16-15(17,18)8-24-13-4-3-9(7-19-13)14(23)20-12-6-10(21-22-12)11-2-1-5-25-11/h1-7H,8H2,(H2,20,21,22,23). The van der Waals surface area contributed by atoms with Crippen LogP contribution in [0.3, 0.4) is 0 Å². The topological polar surface area (TPSA) is 79.9 Å². The van der Waals surface area contributed by atoms with Crippen molar-refractivity contribution < 1.29 is 22.7 Å². The second kappa shape index (κ2) is 6.93. The highest BCUT2D eigenvalue weighted by Gasteiger charge is 2.28. The molecular weight excluding hydrogens is 357 g/mol. The number of pyridine rings is 1. The summed E-state index contributed by atoms with van der Waals surface area (Å²) in [6, 6.07) is 8.00. The number of ether oxygens (including phenoxy) is 1. The Kier molecular flexibility index (Phi) is 4.70. The molecule has 0 aliphatic carbocycles. The number of carbonyl (C=O) groups is 1. The number of hydrogen-bond donors (Lipinski definition) is 2. The predicted molar refractivity (Wildman–Crippen MR) is 85.6 cm³/mol. The highest BCUT2D eigenvalue weighted by Crippen LogP contribution is 2.24. The summed E-state index contributed by atoms with van der Waals surface area (Å²) in [5, 5.41) is 11.3. The number of nitrogens with zero attached hydrogens (tertiary/aromatic N) is 2. The Balaban J connectivity index is 1.61. The number of hydrogen-bond acceptors (Lipinski definition) is 5. The van der Waals surface area contributed by atoms with Crippen LogP contribution < -0.4 is 10.1 Å². The number of halogens is 3. The van der Waals surface area contributed by atoms with Crippen LogP contribution in [0.15, 0.2) is 41.9 Å². The quantitative estimate of drug-likeness (QED) is 0.719. The molecule has 1 amide bonds. The van der Waals surface area contributed by atoms with E-state index in [1.807, 2.05) is 17.5 Å². The van der Waals surface area contributed by atoms with Gasteiger partial charge in [0.15, 0.2) is 12.4 Å². The molecule has 0 aliphatic heterocycles. The molecule has 0 fully saturated rings. The lowest BCUT2D eigenvalue weighted by molar-refractivity contribution is -0.154. The summed E-state index contributed by atoms with van der Waals surface area (Å²) in [6.45, 7) is -1.44. The van der Waals surface area contributed by atoms with Gasteiger partial charge in [0.1, 0.15) is 0 Å². The molecular formula is C15H11F3N4O2S. The molecule has 10 heteroatoms. The number of carbonyl (C=O) groups excluding carboxylic acids is 1. The van der Waals surface area contributed by atoms with E-state index in [0.29, 0.717) is 5.82 Å². The molecule has 0 saturated heterocycles. The van der Waals surface area contributed by atoms with E-state index in [4.69, 9.17) is 0 Å². The Morgan fingerprint density at radius 1 is 1.32 bits per heavy atom. The van der Waals surface area contributed by atoms with E-state index in [9.17, 15) is 18.0 Å². The maximum absolute atomic E-state index is 12.1. The van der Waals surface area contributed by atoms with E-state index in [1.165, 1.54) is 23.5 Å². The SMILES string of the molecule is O=C(Nc1cc(-c2cccs2)[nH]n1)c1ccc(OCC(F)(F)F)nc1. The van der Waals surface area contributed by atoms with Crippen molar-refractivity contribution in [1.82, 2.24) is 15.2 Å². The second-order valence-electron chi connectivity index (χ2n) is 4.89. The zero-order valence-electron chi connectivity index (χ0n) is 12.5. The molecule has 0 aromatic carbocycles. The van der Waals surface area contributed by atoms with Gasteiger partial charge in [-0.3, -0.25) is 9.89 Å². The first kappa shape index (κ1) is 17.0. The third-order valence-corrected chi connectivity index (χ3v) is 3.89. The van der Waals surface area contributed by atoms with Crippen LogP contribution in [0, 0.1) is 0 Å². The maximum atomic E-state index is 12.1. The van der Waals surface area contributed by atoms with Crippen molar-refractivity contribution in [3.8, 4) is 16.5 Å². The second-order valence-corrected chi connectivity index (χ2v) is 5.83. The van der Waals surface area contributed by atoms with Crippen molar-refractivity contribution in [2.45, 2.75) is 6.18 Å². The Hall–Kier alpha value is -2.88. The van der Waals surface area contributed by atoms with Crippen molar-refractivity contribution >= 4 is 23.1 Å². The first-order valence-corrected chi connectivity index (χ1v) is 7.85. The van der Waals surface area contributed by atoms with Gasteiger partial charge >= 0.3 is 6.18 Å². The normalized spacial score (nSPS) is 11.3. The number of H-pyrrole nitrogens is 1. The monoisotopic (exact) mass is 368 g/mol. The molecule has 0 unspecified atom stereocenters. The minimum Gasteiger partial charge on any atom is -0.468 e. The third kappa shape index (κ3) is 4.57. The number of amides is 1. The summed E-state index contributed by atoms with van der Waals surface area (Å²) in [5.74, 6) is -0.376. The highest BCUT2D eigenvalue weighted by molar-refractivity contribution is 7.13. The molecule has 3 aromatic rings. The van der Waals surface area contributed by atoms with E-state index < -0.39 is 18.7 Å². The van der Waals surface area contributed by atoms with Crippen LogP contribution in [0.2, 0.25) is 0 Å². The molecule has 25 heavy (non-hydrogen) atoms. The maximum Gasteiger partial charge on any atom is 0.422 e. The molecule has 6 nitrogen and oxygen atoms in total. The van der Waals surface area contributed by atoms with Crippen LogP contribution in [-0.4, -0.2) is 33.9 Å². The van der Waals surface area contributed by atoms with Crippen LogP contribution in [0.25, 0.3) is 10.6 Å². The summed E-state index contributed by atoms with van der Waals surface area (Å²) < 4.78 is 40.7. The van der Waals surface area contributed by atoms with Gasteiger partial charge in [-0.15, -0.1) is 11.3 Å². The highest BCUT2D eigenvalue weighted by atomic mass is 32.1. The molecule has 0 bridgehead atoms. The largest absolute Gasteiger partial charge is 0.468 e. The average molecular weight is 368 g/mol. The fourth-order valence-electron chi connectivity index (χ4n) is 1.89. The molecule has 0 saturated carbocycles. The predicted octanol–water partition coefficient (Wildman–Crippen LogP) is 3.73. The van der Waals surface area contributed by atoms with Crippen molar-refractivity contribution in [2.75, 3.05) is 11.9 Å². The Morgan fingerprint density at radius 2 is 2.16 bits per heavy atom. The minimum absolute atomic E-state index is 0.167. The number of aromatic amines is 1. The lowest BCUT2D eigenvalue weighted by atomic mass is 10.2. The summed E-state index contributed by atoms with van der Waals surface area (Å²) in [6.07, 6.45) is -3.31. The van der Waals surface area contributed by atoms with Crippen molar-refractivity contribution in [2.24, 2.45) is 0 Å². The van der Waals surface area contributed by atoms with Crippen LogP contribution in [0.4, 0.5) is 19.0 Å². The Labute approximate surface area is 143 Å². The average Bonchev–Trinajstić information content (AvgIpc) is 3.24. The van der Waals surface area contributed by atoms with Crippen LogP contribution in [-0.2, 0) is 0 Å². The number of nitrogens with one attached hydrogen (secondary N) is 2.